The van der Waals surface area contributed by atoms with E-state index in [4.69, 9.17) is 10.5 Å². The van der Waals surface area contributed by atoms with Gasteiger partial charge in [0.25, 0.3) is 0 Å². The molecular formula is C18H24N4O3. The van der Waals surface area contributed by atoms with E-state index in [0.29, 0.717) is 37.8 Å². The predicted molar refractivity (Wildman–Crippen MR) is 93.6 cm³/mol. The van der Waals surface area contributed by atoms with Gasteiger partial charge in [-0.15, -0.1) is 0 Å². The van der Waals surface area contributed by atoms with Gasteiger partial charge < -0.3 is 15.5 Å². The van der Waals surface area contributed by atoms with Crippen LogP contribution in [-0.2, 0) is 11.3 Å². The van der Waals surface area contributed by atoms with Crippen LogP contribution in [0.2, 0.25) is 0 Å². The lowest BCUT2D eigenvalue weighted by atomic mass is 9.84. The number of nitrogens with one attached hydrogen (secondary N) is 1. The smallest absolute Gasteiger partial charge is 0.213 e. The van der Waals surface area contributed by atoms with Gasteiger partial charge in [-0.1, -0.05) is 30.3 Å². The van der Waals surface area contributed by atoms with Crippen LogP contribution in [0.5, 0.6) is 0 Å². The fourth-order valence-electron chi connectivity index (χ4n) is 3.30. The van der Waals surface area contributed by atoms with Gasteiger partial charge in [0.1, 0.15) is 5.82 Å². The Kier molecular flexibility index (Phi) is 5.78. The highest BCUT2D eigenvalue weighted by Gasteiger charge is 2.30. The topological polar surface area (TPSA) is 107 Å². The van der Waals surface area contributed by atoms with Crippen LogP contribution < -0.4 is 5.73 Å². The molecule has 1 fully saturated rings. The number of ether oxygens (including phenoxy) is 1. The standard InChI is InChI=1S/C18H24N4O3/c19-16(12-25-11-13-4-2-1-3-5-13)18-20-10-17(21-18)14-6-8-15(9-7-14)22(23)24/h1-5,10,14-16H,6-9,11-12,19H2,(H,20,21)/t14?,15?,16-/m0/s1. The van der Waals surface area contributed by atoms with Crippen molar-refractivity contribution in [3.8, 4) is 0 Å². The summed E-state index contributed by atoms with van der Waals surface area (Å²) >= 11 is 0. The van der Waals surface area contributed by atoms with Crippen molar-refractivity contribution in [3.63, 3.8) is 0 Å². The Bertz CT molecular complexity index is 681. The largest absolute Gasteiger partial charge is 0.375 e. The second-order valence-corrected chi connectivity index (χ2v) is 6.62. The molecule has 7 nitrogen and oxygen atoms in total. The van der Waals surface area contributed by atoms with Gasteiger partial charge in [0.15, 0.2) is 0 Å². The van der Waals surface area contributed by atoms with Crippen molar-refractivity contribution in [2.75, 3.05) is 6.61 Å². The Morgan fingerprint density at radius 3 is 2.68 bits per heavy atom. The summed E-state index contributed by atoms with van der Waals surface area (Å²) in [6.45, 7) is 0.906. The highest BCUT2D eigenvalue weighted by atomic mass is 16.6. The third-order valence-corrected chi connectivity index (χ3v) is 4.81. The van der Waals surface area contributed by atoms with Crippen molar-refractivity contribution in [2.45, 2.75) is 50.3 Å². The summed E-state index contributed by atoms with van der Waals surface area (Å²) < 4.78 is 5.67. The number of aromatic nitrogens is 2. The van der Waals surface area contributed by atoms with Gasteiger partial charge in [-0.25, -0.2) is 4.98 Å². The molecule has 1 heterocycles. The maximum atomic E-state index is 10.8. The van der Waals surface area contributed by atoms with Crippen LogP contribution in [-0.4, -0.2) is 27.5 Å². The van der Waals surface area contributed by atoms with Crippen molar-refractivity contribution in [1.82, 2.24) is 9.97 Å². The number of rotatable bonds is 7. The minimum absolute atomic E-state index is 0.158. The van der Waals surface area contributed by atoms with E-state index >= 15 is 0 Å². The molecule has 1 aromatic carbocycles. The number of hydrogen-bond donors (Lipinski definition) is 2. The fraction of sp³-hybridized carbons (Fsp3) is 0.500. The van der Waals surface area contributed by atoms with Gasteiger partial charge in [-0.2, -0.15) is 0 Å². The van der Waals surface area contributed by atoms with E-state index in [0.717, 1.165) is 24.1 Å². The molecule has 0 bridgehead atoms. The number of nitrogens with zero attached hydrogens (tertiary/aromatic N) is 2. The molecule has 1 aliphatic carbocycles. The first-order chi connectivity index (χ1) is 12.1. The SMILES string of the molecule is N[C@@H](COCc1ccccc1)c1ncc(C2CCC([N+](=O)[O-])CC2)[nH]1. The van der Waals surface area contributed by atoms with Crippen LogP contribution in [0.3, 0.4) is 0 Å². The highest BCUT2D eigenvalue weighted by molar-refractivity contribution is 5.14. The average Bonchev–Trinajstić information content (AvgIpc) is 3.13. The van der Waals surface area contributed by atoms with Crippen LogP contribution >= 0.6 is 0 Å². The maximum Gasteiger partial charge on any atom is 0.213 e. The van der Waals surface area contributed by atoms with Crippen LogP contribution in [0.25, 0.3) is 0 Å². The van der Waals surface area contributed by atoms with Crippen LogP contribution in [0.15, 0.2) is 36.5 Å². The van der Waals surface area contributed by atoms with E-state index < -0.39 is 6.04 Å². The van der Waals surface area contributed by atoms with E-state index in [2.05, 4.69) is 9.97 Å². The van der Waals surface area contributed by atoms with Crippen LogP contribution in [0, 0.1) is 10.1 Å². The van der Waals surface area contributed by atoms with E-state index in [1.54, 1.807) is 0 Å². The Morgan fingerprint density at radius 1 is 1.28 bits per heavy atom. The van der Waals surface area contributed by atoms with E-state index in [9.17, 15) is 10.1 Å². The molecule has 0 unspecified atom stereocenters. The lowest BCUT2D eigenvalue weighted by molar-refractivity contribution is -0.526. The van der Waals surface area contributed by atoms with E-state index in [1.807, 2.05) is 36.5 Å². The summed E-state index contributed by atoms with van der Waals surface area (Å²) in [6.07, 6.45) is 4.68. The maximum absolute atomic E-state index is 10.8. The molecule has 0 spiro atoms. The molecule has 3 N–H and O–H groups in total. The molecule has 0 aliphatic heterocycles. The van der Waals surface area contributed by atoms with Crippen molar-refractivity contribution in [1.29, 1.82) is 0 Å². The van der Waals surface area contributed by atoms with Gasteiger partial charge in [0.2, 0.25) is 6.04 Å². The lowest BCUT2D eigenvalue weighted by Crippen LogP contribution is -2.25. The molecular weight excluding hydrogens is 320 g/mol. The molecule has 1 aliphatic rings. The molecule has 0 radical (unpaired) electrons. The monoisotopic (exact) mass is 344 g/mol. The summed E-state index contributed by atoms with van der Waals surface area (Å²) in [7, 11) is 0. The van der Waals surface area contributed by atoms with Gasteiger partial charge >= 0.3 is 0 Å². The molecule has 0 saturated heterocycles. The first kappa shape index (κ1) is 17.6. The Morgan fingerprint density at radius 2 is 2.00 bits per heavy atom. The second kappa shape index (κ2) is 8.22. The minimum Gasteiger partial charge on any atom is -0.375 e. The molecule has 2 aromatic rings. The third-order valence-electron chi connectivity index (χ3n) is 4.81. The summed E-state index contributed by atoms with van der Waals surface area (Å²) in [5, 5.41) is 10.8. The van der Waals surface area contributed by atoms with Crippen molar-refractivity contribution in [2.24, 2.45) is 5.73 Å². The Labute approximate surface area is 146 Å². The Balaban J connectivity index is 1.48. The second-order valence-electron chi connectivity index (χ2n) is 6.62. The predicted octanol–water partition coefficient (Wildman–Crippen LogP) is 2.93. The minimum atomic E-state index is -0.396. The molecule has 7 heteroatoms. The molecule has 25 heavy (non-hydrogen) atoms. The summed E-state index contributed by atoms with van der Waals surface area (Å²) in [5.41, 5.74) is 8.29. The first-order valence-electron chi connectivity index (χ1n) is 8.69. The van der Waals surface area contributed by atoms with Gasteiger partial charge in [-0.05, 0) is 18.4 Å². The number of benzene rings is 1. The molecule has 0 amide bonds. The van der Waals surface area contributed by atoms with Crippen molar-refractivity contribution in [3.05, 3.63) is 63.7 Å². The number of aromatic amines is 1. The average molecular weight is 344 g/mol. The van der Waals surface area contributed by atoms with E-state index in [1.165, 1.54) is 0 Å². The zero-order valence-electron chi connectivity index (χ0n) is 14.1. The Hall–Kier alpha value is -2.25. The van der Waals surface area contributed by atoms with E-state index in [-0.39, 0.29) is 11.0 Å². The third kappa shape index (κ3) is 4.64. The number of imidazole rings is 1. The van der Waals surface area contributed by atoms with Gasteiger partial charge in [-0.3, -0.25) is 10.1 Å². The number of H-pyrrole nitrogens is 1. The molecule has 1 atom stereocenters. The zero-order valence-corrected chi connectivity index (χ0v) is 14.1. The molecule has 134 valence electrons. The van der Waals surface area contributed by atoms with Crippen molar-refractivity contribution >= 4 is 0 Å². The highest BCUT2D eigenvalue weighted by Crippen LogP contribution is 2.33. The molecule has 3 rings (SSSR count). The van der Waals surface area contributed by atoms with Gasteiger partial charge in [0.05, 0.1) is 19.3 Å². The lowest BCUT2D eigenvalue weighted by Gasteiger charge is -2.22. The number of nitro groups is 1. The molecule has 1 aromatic heterocycles. The first-order valence-corrected chi connectivity index (χ1v) is 8.69. The summed E-state index contributed by atoms with van der Waals surface area (Å²) in [6, 6.07) is 9.24. The number of hydrogen-bond acceptors (Lipinski definition) is 5. The van der Waals surface area contributed by atoms with Crippen LogP contribution in [0.4, 0.5) is 0 Å². The zero-order chi connectivity index (χ0) is 17.6. The summed E-state index contributed by atoms with van der Waals surface area (Å²) in [4.78, 5) is 18.4. The molecule has 1 saturated carbocycles. The van der Waals surface area contributed by atoms with Crippen LogP contribution in [0.1, 0.15) is 54.7 Å². The normalized spacial score (nSPS) is 21.8. The van der Waals surface area contributed by atoms with Crippen molar-refractivity contribution < 1.29 is 9.66 Å². The quantitative estimate of drug-likeness (QED) is 0.593. The number of nitrogens with two attached hydrogens (primary N) is 1. The van der Waals surface area contributed by atoms with Gasteiger partial charge in [0, 0.05) is 35.6 Å². The fourth-order valence-corrected chi connectivity index (χ4v) is 3.30. The summed E-state index contributed by atoms with van der Waals surface area (Å²) in [5.74, 6) is 1.01.